The number of hydrogen-bond acceptors (Lipinski definition) is 5. The summed E-state index contributed by atoms with van der Waals surface area (Å²) < 4.78 is 22.9. The highest BCUT2D eigenvalue weighted by Gasteiger charge is 2.16. The quantitative estimate of drug-likeness (QED) is 0.553. The summed E-state index contributed by atoms with van der Waals surface area (Å²) in [4.78, 5) is 0.834. The standard InChI is InChI=1S/C11H18N2O3S2/c1-7(5-14)6-17-10-3-9(12)4-11(8(10)2)18(13,15)16/h3-4,7,14H,5-6,12H2,1-2H3,(H2,13,15,16). The van der Waals surface area contributed by atoms with Gasteiger partial charge in [0, 0.05) is 22.9 Å². The van der Waals surface area contributed by atoms with Crippen molar-refractivity contribution >= 4 is 27.5 Å². The van der Waals surface area contributed by atoms with Crippen molar-refractivity contribution in [2.45, 2.75) is 23.6 Å². The Morgan fingerprint density at radius 3 is 2.56 bits per heavy atom. The first-order chi connectivity index (χ1) is 8.25. The number of rotatable bonds is 5. The number of benzene rings is 1. The maximum Gasteiger partial charge on any atom is 0.238 e. The Morgan fingerprint density at radius 2 is 2.06 bits per heavy atom. The van der Waals surface area contributed by atoms with Crippen LogP contribution in [0.5, 0.6) is 0 Å². The van der Waals surface area contributed by atoms with Crippen molar-refractivity contribution < 1.29 is 13.5 Å². The van der Waals surface area contributed by atoms with Gasteiger partial charge in [0.15, 0.2) is 0 Å². The number of thioether (sulfide) groups is 1. The summed E-state index contributed by atoms with van der Waals surface area (Å²) in [6, 6.07) is 3.09. The molecule has 0 fully saturated rings. The van der Waals surface area contributed by atoms with Crippen molar-refractivity contribution in [2.75, 3.05) is 18.1 Å². The number of primary sulfonamides is 1. The number of aliphatic hydroxyl groups is 1. The molecule has 0 bridgehead atoms. The van der Waals surface area contributed by atoms with Crippen LogP contribution in [0.1, 0.15) is 12.5 Å². The summed E-state index contributed by atoms with van der Waals surface area (Å²) in [7, 11) is -3.77. The number of sulfonamides is 1. The summed E-state index contributed by atoms with van der Waals surface area (Å²) in [5, 5.41) is 14.1. The summed E-state index contributed by atoms with van der Waals surface area (Å²) in [6.45, 7) is 3.71. The largest absolute Gasteiger partial charge is 0.399 e. The minimum atomic E-state index is -3.77. The van der Waals surface area contributed by atoms with Crippen LogP contribution in [0, 0.1) is 12.8 Å². The van der Waals surface area contributed by atoms with Gasteiger partial charge in [-0.3, -0.25) is 0 Å². The second kappa shape index (κ2) is 5.92. The zero-order valence-electron chi connectivity index (χ0n) is 10.4. The topological polar surface area (TPSA) is 106 Å². The van der Waals surface area contributed by atoms with E-state index in [1.54, 1.807) is 13.0 Å². The molecule has 0 aliphatic rings. The van der Waals surface area contributed by atoms with Gasteiger partial charge >= 0.3 is 0 Å². The van der Waals surface area contributed by atoms with E-state index >= 15 is 0 Å². The van der Waals surface area contributed by atoms with Gasteiger partial charge < -0.3 is 10.8 Å². The van der Waals surface area contributed by atoms with E-state index in [4.69, 9.17) is 16.0 Å². The fourth-order valence-corrected chi connectivity index (χ4v) is 3.43. The third kappa shape index (κ3) is 3.88. The van der Waals surface area contributed by atoms with Gasteiger partial charge in [0.05, 0.1) is 4.90 Å². The van der Waals surface area contributed by atoms with Crippen LogP contribution in [0.15, 0.2) is 21.9 Å². The highest BCUT2D eigenvalue weighted by molar-refractivity contribution is 7.99. The monoisotopic (exact) mass is 290 g/mol. The number of hydrogen-bond donors (Lipinski definition) is 3. The van der Waals surface area contributed by atoms with Crippen molar-refractivity contribution in [2.24, 2.45) is 11.1 Å². The molecule has 0 radical (unpaired) electrons. The first-order valence-corrected chi connectivity index (χ1v) is 7.95. The van der Waals surface area contributed by atoms with Crippen molar-refractivity contribution in [3.05, 3.63) is 17.7 Å². The molecule has 0 aliphatic heterocycles. The Kier molecular flexibility index (Phi) is 5.03. The molecule has 5 N–H and O–H groups in total. The Labute approximate surface area is 112 Å². The molecule has 0 aromatic heterocycles. The zero-order chi connectivity index (χ0) is 13.9. The van der Waals surface area contributed by atoms with Gasteiger partial charge in [0.25, 0.3) is 0 Å². The molecule has 0 spiro atoms. The molecule has 0 saturated heterocycles. The highest BCUT2D eigenvalue weighted by Crippen LogP contribution is 2.30. The fraction of sp³-hybridized carbons (Fsp3) is 0.455. The molecule has 1 unspecified atom stereocenters. The van der Waals surface area contributed by atoms with Crippen LogP contribution in [0.4, 0.5) is 5.69 Å². The van der Waals surface area contributed by atoms with Crippen LogP contribution >= 0.6 is 11.8 Å². The highest BCUT2D eigenvalue weighted by atomic mass is 32.2. The first-order valence-electron chi connectivity index (χ1n) is 5.42. The van der Waals surface area contributed by atoms with Gasteiger partial charge in [-0.1, -0.05) is 6.92 Å². The molecule has 102 valence electrons. The molecule has 0 aliphatic carbocycles. The lowest BCUT2D eigenvalue weighted by Gasteiger charge is -2.13. The van der Waals surface area contributed by atoms with E-state index in [0.717, 1.165) is 4.90 Å². The van der Waals surface area contributed by atoms with Gasteiger partial charge in [0.1, 0.15) is 0 Å². The van der Waals surface area contributed by atoms with Crippen LogP contribution in [-0.4, -0.2) is 25.9 Å². The van der Waals surface area contributed by atoms with E-state index in [0.29, 0.717) is 17.0 Å². The molecule has 1 rings (SSSR count). The molecule has 5 nitrogen and oxygen atoms in total. The number of anilines is 1. The molecular weight excluding hydrogens is 272 g/mol. The molecule has 1 aromatic rings. The molecule has 18 heavy (non-hydrogen) atoms. The van der Waals surface area contributed by atoms with E-state index in [1.165, 1.54) is 17.8 Å². The molecule has 0 amide bonds. The third-order valence-corrected chi connectivity index (χ3v) is 4.98. The Balaban J connectivity index is 3.10. The Morgan fingerprint density at radius 1 is 1.44 bits per heavy atom. The maximum absolute atomic E-state index is 11.4. The summed E-state index contributed by atoms with van der Waals surface area (Å²) in [5.41, 5.74) is 6.64. The predicted molar refractivity (Wildman–Crippen MR) is 73.9 cm³/mol. The maximum atomic E-state index is 11.4. The second-order valence-electron chi connectivity index (χ2n) is 4.29. The third-order valence-electron chi connectivity index (χ3n) is 2.48. The predicted octanol–water partition coefficient (Wildman–Crippen LogP) is 0.945. The summed E-state index contributed by atoms with van der Waals surface area (Å²) >= 11 is 1.46. The van der Waals surface area contributed by atoms with E-state index in [-0.39, 0.29) is 17.4 Å². The second-order valence-corrected chi connectivity index (χ2v) is 6.88. The van der Waals surface area contributed by atoms with Gasteiger partial charge in [-0.15, -0.1) is 11.8 Å². The minimum Gasteiger partial charge on any atom is -0.399 e. The summed E-state index contributed by atoms with van der Waals surface area (Å²) in [5.74, 6) is 0.818. The normalized spacial score (nSPS) is 13.6. The lowest BCUT2D eigenvalue weighted by molar-refractivity contribution is 0.250. The van der Waals surface area contributed by atoms with Crippen LogP contribution in [0.2, 0.25) is 0 Å². The summed E-state index contributed by atoms with van der Waals surface area (Å²) in [6.07, 6.45) is 0. The van der Waals surface area contributed by atoms with Gasteiger partial charge in [-0.05, 0) is 30.5 Å². The average Bonchev–Trinajstić information content (AvgIpc) is 2.27. The van der Waals surface area contributed by atoms with Gasteiger partial charge in [-0.25, -0.2) is 13.6 Å². The van der Waals surface area contributed by atoms with Crippen molar-refractivity contribution in [1.82, 2.24) is 0 Å². The van der Waals surface area contributed by atoms with E-state index in [1.807, 2.05) is 6.92 Å². The van der Waals surface area contributed by atoms with Crippen molar-refractivity contribution in [3.63, 3.8) is 0 Å². The average molecular weight is 290 g/mol. The van der Waals surface area contributed by atoms with Crippen LogP contribution < -0.4 is 10.9 Å². The smallest absolute Gasteiger partial charge is 0.238 e. The van der Waals surface area contributed by atoms with Gasteiger partial charge in [-0.2, -0.15) is 0 Å². The van der Waals surface area contributed by atoms with Crippen LogP contribution in [0.25, 0.3) is 0 Å². The molecule has 1 aromatic carbocycles. The van der Waals surface area contributed by atoms with Crippen LogP contribution in [-0.2, 0) is 10.0 Å². The number of nitrogen functional groups attached to an aromatic ring is 1. The Hall–Kier alpha value is -0.760. The van der Waals surface area contributed by atoms with Crippen molar-refractivity contribution in [1.29, 1.82) is 0 Å². The number of aliphatic hydroxyl groups excluding tert-OH is 1. The fourth-order valence-electron chi connectivity index (χ4n) is 1.41. The molecule has 0 saturated carbocycles. The molecule has 0 heterocycles. The van der Waals surface area contributed by atoms with E-state index < -0.39 is 10.0 Å². The van der Waals surface area contributed by atoms with E-state index in [2.05, 4.69) is 0 Å². The number of nitrogens with two attached hydrogens (primary N) is 2. The lowest BCUT2D eigenvalue weighted by Crippen LogP contribution is -2.14. The SMILES string of the molecule is Cc1c(SCC(C)CO)cc(N)cc1S(N)(=O)=O. The van der Waals surface area contributed by atoms with Crippen LogP contribution in [0.3, 0.4) is 0 Å². The van der Waals surface area contributed by atoms with Crippen molar-refractivity contribution in [3.8, 4) is 0 Å². The minimum absolute atomic E-state index is 0.0571. The Bertz CT molecular complexity index is 529. The molecule has 7 heteroatoms. The zero-order valence-corrected chi connectivity index (χ0v) is 12.0. The lowest BCUT2D eigenvalue weighted by atomic mass is 10.2. The van der Waals surface area contributed by atoms with Gasteiger partial charge in [0.2, 0.25) is 10.0 Å². The molecular formula is C11H18N2O3S2. The van der Waals surface area contributed by atoms with E-state index in [9.17, 15) is 8.42 Å². The molecule has 1 atom stereocenters. The first kappa shape index (κ1) is 15.3.